The molecule has 4 nitrogen and oxygen atoms in total. The minimum absolute atomic E-state index is 0.0875. The van der Waals surface area contributed by atoms with Gasteiger partial charge < -0.3 is 4.74 Å². The molecule has 0 atom stereocenters. The van der Waals surface area contributed by atoms with Crippen molar-refractivity contribution >= 4 is 5.90 Å². The molecule has 7 heteroatoms. The molecule has 0 aliphatic carbocycles. The zero-order valence-corrected chi connectivity index (χ0v) is 8.93. The monoisotopic (exact) mass is 235 g/mol. The van der Waals surface area contributed by atoms with Crippen LogP contribution in [-0.4, -0.2) is 22.8 Å². The number of hydrogen-bond acceptors (Lipinski definition) is 3. The van der Waals surface area contributed by atoms with Gasteiger partial charge in [-0.2, -0.15) is 18.3 Å². The summed E-state index contributed by atoms with van der Waals surface area (Å²) in [7, 11) is 1.29. The number of nitrogens with one attached hydrogen (secondary N) is 1. The quantitative estimate of drug-likeness (QED) is 0.644. The lowest BCUT2D eigenvalue weighted by atomic mass is 10.3. The molecule has 90 valence electrons. The highest BCUT2D eigenvalue weighted by atomic mass is 19.4. The Morgan fingerprint density at radius 3 is 2.62 bits per heavy atom. The fraction of sp³-hybridized carbons (Fsp3) is 0.556. The Labute approximate surface area is 90.5 Å². The fourth-order valence-corrected chi connectivity index (χ4v) is 1.22. The lowest BCUT2D eigenvalue weighted by Gasteiger charge is -2.05. The van der Waals surface area contributed by atoms with E-state index in [0.29, 0.717) is 12.1 Å². The van der Waals surface area contributed by atoms with E-state index in [-0.39, 0.29) is 12.4 Å². The van der Waals surface area contributed by atoms with Crippen molar-refractivity contribution in [3.8, 4) is 0 Å². The van der Waals surface area contributed by atoms with Crippen molar-refractivity contribution in [1.82, 2.24) is 9.78 Å². The van der Waals surface area contributed by atoms with Crippen LogP contribution >= 0.6 is 0 Å². The molecule has 0 saturated heterocycles. The topological polar surface area (TPSA) is 50.9 Å². The van der Waals surface area contributed by atoms with E-state index in [1.165, 1.54) is 7.11 Å². The first kappa shape index (κ1) is 12.5. The molecule has 0 spiro atoms. The molecule has 0 aliphatic rings. The van der Waals surface area contributed by atoms with Gasteiger partial charge in [0.1, 0.15) is 6.54 Å². The summed E-state index contributed by atoms with van der Waals surface area (Å²) < 4.78 is 42.9. The molecule has 0 aromatic carbocycles. The number of nitrogens with zero attached hydrogens (tertiary/aromatic N) is 2. The Hall–Kier alpha value is -1.53. The highest BCUT2D eigenvalue weighted by Crippen LogP contribution is 2.28. The molecule has 1 heterocycles. The minimum Gasteiger partial charge on any atom is -0.483 e. The average Bonchev–Trinajstić information content (AvgIpc) is 2.60. The van der Waals surface area contributed by atoms with Crippen LogP contribution in [0.4, 0.5) is 13.2 Å². The second kappa shape index (κ2) is 4.54. The van der Waals surface area contributed by atoms with E-state index in [9.17, 15) is 13.2 Å². The molecule has 0 saturated carbocycles. The van der Waals surface area contributed by atoms with Crippen LogP contribution in [0.3, 0.4) is 0 Å². The van der Waals surface area contributed by atoms with Crippen molar-refractivity contribution in [2.75, 3.05) is 7.11 Å². The maximum absolute atomic E-state index is 12.4. The maximum atomic E-state index is 12.4. The van der Waals surface area contributed by atoms with E-state index >= 15 is 0 Å². The highest BCUT2D eigenvalue weighted by Gasteiger charge is 2.34. The van der Waals surface area contributed by atoms with Gasteiger partial charge in [-0.15, -0.1) is 0 Å². The number of alkyl halides is 3. The van der Waals surface area contributed by atoms with E-state index in [4.69, 9.17) is 5.41 Å². The molecule has 0 bridgehead atoms. The van der Waals surface area contributed by atoms with Crippen molar-refractivity contribution in [2.45, 2.75) is 26.1 Å². The molecular weight excluding hydrogens is 223 g/mol. The molecule has 1 aromatic heterocycles. The van der Waals surface area contributed by atoms with Gasteiger partial charge >= 0.3 is 6.18 Å². The summed E-state index contributed by atoms with van der Waals surface area (Å²) in [6, 6.07) is 0.989. The first-order valence-electron chi connectivity index (χ1n) is 4.63. The van der Waals surface area contributed by atoms with Crippen LogP contribution in [-0.2, 0) is 23.9 Å². The first-order valence-corrected chi connectivity index (χ1v) is 4.63. The van der Waals surface area contributed by atoms with Crippen LogP contribution in [0.1, 0.15) is 18.3 Å². The smallest absolute Gasteiger partial charge is 0.435 e. The number of methoxy groups -OCH3 is 1. The van der Waals surface area contributed by atoms with E-state index in [0.717, 1.165) is 10.7 Å². The van der Waals surface area contributed by atoms with Crippen molar-refractivity contribution in [3.63, 3.8) is 0 Å². The number of ether oxygens (including phenoxy) is 1. The average molecular weight is 235 g/mol. The fourth-order valence-electron chi connectivity index (χ4n) is 1.22. The van der Waals surface area contributed by atoms with Crippen molar-refractivity contribution in [2.24, 2.45) is 0 Å². The lowest BCUT2D eigenvalue weighted by Crippen LogP contribution is -2.15. The van der Waals surface area contributed by atoms with Crippen LogP contribution < -0.4 is 0 Å². The normalized spacial score (nSPS) is 11.6. The van der Waals surface area contributed by atoms with E-state index < -0.39 is 11.9 Å². The molecule has 0 amide bonds. The van der Waals surface area contributed by atoms with Crippen LogP contribution in [0, 0.1) is 5.41 Å². The molecule has 0 fully saturated rings. The Kier molecular flexibility index (Phi) is 3.56. The summed E-state index contributed by atoms with van der Waals surface area (Å²) in [5.41, 5.74) is -0.512. The van der Waals surface area contributed by atoms with Gasteiger partial charge in [0.05, 0.1) is 7.11 Å². The number of rotatable bonds is 3. The molecule has 0 aliphatic heterocycles. The van der Waals surface area contributed by atoms with Gasteiger partial charge in [0.2, 0.25) is 5.90 Å². The summed E-state index contributed by atoms with van der Waals surface area (Å²) in [6.45, 7) is 1.64. The van der Waals surface area contributed by atoms with Gasteiger partial charge in [-0.05, 0) is 12.5 Å². The predicted molar refractivity (Wildman–Crippen MR) is 51.3 cm³/mol. The van der Waals surface area contributed by atoms with Gasteiger partial charge in [-0.3, -0.25) is 10.1 Å². The molecular formula is C9H12F3N3O. The van der Waals surface area contributed by atoms with E-state index in [2.05, 4.69) is 9.84 Å². The summed E-state index contributed by atoms with van der Waals surface area (Å²) in [5.74, 6) is -0.133. The van der Waals surface area contributed by atoms with Crippen molar-refractivity contribution < 1.29 is 17.9 Å². The molecule has 16 heavy (non-hydrogen) atoms. The second-order valence-electron chi connectivity index (χ2n) is 3.16. The molecule has 1 rings (SSSR count). The molecule has 0 radical (unpaired) electrons. The van der Waals surface area contributed by atoms with Gasteiger partial charge in [-0.1, -0.05) is 6.92 Å². The van der Waals surface area contributed by atoms with Crippen molar-refractivity contribution in [1.29, 1.82) is 5.41 Å². The van der Waals surface area contributed by atoms with E-state index in [1.54, 1.807) is 6.92 Å². The van der Waals surface area contributed by atoms with Crippen LogP contribution in [0.5, 0.6) is 0 Å². The van der Waals surface area contributed by atoms with Gasteiger partial charge in [0.25, 0.3) is 0 Å². The summed E-state index contributed by atoms with van der Waals surface area (Å²) >= 11 is 0. The third kappa shape index (κ3) is 2.74. The summed E-state index contributed by atoms with van der Waals surface area (Å²) in [6.07, 6.45) is -4.04. The third-order valence-electron chi connectivity index (χ3n) is 2.06. The van der Waals surface area contributed by atoms with Crippen LogP contribution in [0.2, 0.25) is 0 Å². The van der Waals surface area contributed by atoms with Gasteiger partial charge in [0.15, 0.2) is 5.69 Å². The van der Waals surface area contributed by atoms with Crippen LogP contribution in [0.25, 0.3) is 0 Å². The molecule has 0 unspecified atom stereocenters. The van der Waals surface area contributed by atoms with Gasteiger partial charge in [0, 0.05) is 5.69 Å². The Morgan fingerprint density at radius 1 is 1.56 bits per heavy atom. The van der Waals surface area contributed by atoms with Gasteiger partial charge in [-0.25, -0.2) is 0 Å². The standard InChI is InChI=1S/C9H12F3N3O/c1-3-6-4-7(9(10,11)12)14-15(6)5-8(13)16-2/h4,13H,3,5H2,1-2H3. The summed E-state index contributed by atoms with van der Waals surface area (Å²) in [5, 5.41) is 10.7. The SMILES string of the molecule is CCc1cc(C(F)(F)F)nn1CC(=N)OC. The van der Waals surface area contributed by atoms with Crippen molar-refractivity contribution in [3.05, 3.63) is 17.5 Å². The predicted octanol–water partition coefficient (Wildman–Crippen LogP) is 2.09. The first-order chi connectivity index (χ1) is 7.38. The van der Waals surface area contributed by atoms with Crippen LogP contribution in [0.15, 0.2) is 6.07 Å². The van der Waals surface area contributed by atoms with E-state index in [1.807, 2.05) is 0 Å². The maximum Gasteiger partial charge on any atom is 0.435 e. The molecule has 1 aromatic rings. The number of aryl methyl sites for hydroxylation is 1. The molecule has 1 N–H and O–H groups in total. The minimum atomic E-state index is -4.45. The number of halogens is 3. The zero-order chi connectivity index (χ0) is 12.3. The highest BCUT2D eigenvalue weighted by molar-refractivity contribution is 5.72. The Bertz CT molecular complexity index is 384. The largest absolute Gasteiger partial charge is 0.483 e. The lowest BCUT2D eigenvalue weighted by molar-refractivity contribution is -0.141. The Morgan fingerprint density at radius 2 is 2.19 bits per heavy atom. The summed E-state index contributed by atoms with van der Waals surface area (Å²) in [4.78, 5) is 0. The second-order valence-corrected chi connectivity index (χ2v) is 3.16. The Balaban J connectivity index is 3.00. The number of aromatic nitrogens is 2. The zero-order valence-electron chi connectivity index (χ0n) is 8.93. The third-order valence-corrected chi connectivity index (χ3v) is 2.06. The number of hydrogen-bond donors (Lipinski definition) is 1.